The standard InChI is InChI=1S/C17H17BrFNO/c1-11(13-2-4-16(20)5-3-13)6-17(21)9-12-7-14(18)10-15(19)8-12/h2-5,7-8,10-11H,6,9,20H2,1H3. The minimum Gasteiger partial charge on any atom is -0.399 e. The third-order valence-electron chi connectivity index (χ3n) is 3.36. The summed E-state index contributed by atoms with van der Waals surface area (Å²) in [5.74, 6) is -0.120. The van der Waals surface area contributed by atoms with Crippen molar-refractivity contribution < 1.29 is 9.18 Å². The number of hydrogen-bond acceptors (Lipinski definition) is 2. The van der Waals surface area contributed by atoms with E-state index in [-0.39, 0.29) is 23.9 Å². The topological polar surface area (TPSA) is 43.1 Å². The van der Waals surface area contributed by atoms with Gasteiger partial charge in [-0.1, -0.05) is 35.0 Å². The van der Waals surface area contributed by atoms with Crippen LogP contribution in [0.25, 0.3) is 0 Å². The number of nitrogen functional groups attached to an aromatic ring is 1. The van der Waals surface area contributed by atoms with Gasteiger partial charge in [0.1, 0.15) is 11.6 Å². The Morgan fingerprint density at radius 2 is 1.90 bits per heavy atom. The minimum atomic E-state index is -0.334. The molecule has 2 nitrogen and oxygen atoms in total. The SMILES string of the molecule is CC(CC(=O)Cc1cc(F)cc(Br)c1)c1ccc(N)cc1. The Morgan fingerprint density at radius 3 is 2.52 bits per heavy atom. The predicted octanol–water partition coefficient (Wildman–Crippen LogP) is 4.48. The summed E-state index contributed by atoms with van der Waals surface area (Å²) >= 11 is 3.23. The lowest BCUT2D eigenvalue weighted by molar-refractivity contribution is -0.118. The van der Waals surface area contributed by atoms with E-state index in [2.05, 4.69) is 15.9 Å². The first-order valence-electron chi connectivity index (χ1n) is 6.76. The van der Waals surface area contributed by atoms with E-state index in [1.54, 1.807) is 6.07 Å². The van der Waals surface area contributed by atoms with Crippen LogP contribution in [0.4, 0.5) is 10.1 Å². The molecule has 0 saturated heterocycles. The summed E-state index contributed by atoms with van der Waals surface area (Å²) in [5.41, 5.74) is 8.13. The van der Waals surface area contributed by atoms with Gasteiger partial charge in [0.2, 0.25) is 0 Å². The average molecular weight is 350 g/mol. The maximum Gasteiger partial charge on any atom is 0.137 e. The van der Waals surface area contributed by atoms with E-state index in [0.29, 0.717) is 22.1 Å². The first kappa shape index (κ1) is 15.7. The van der Waals surface area contributed by atoms with E-state index in [9.17, 15) is 9.18 Å². The lowest BCUT2D eigenvalue weighted by atomic mass is 9.93. The summed E-state index contributed by atoms with van der Waals surface area (Å²) < 4.78 is 13.9. The van der Waals surface area contributed by atoms with Crippen molar-refractivity contribution in [1.29, 1.82) is 0 Å². The summed E-state index contributed by atoms with van der Waals surface area (Å²) in [4.78, 5) is 12.1. The molecule has 0 radical (unpaired) electrons. The van der Waals surface area contributed by atoms with E-state index < -0.39 is 0 Å². The van der Waals surface area contributed by atoms with Gasteiger partial charge in [-0.3, -0.25) is 4.79 Å². The van der Waals surface area contributed by atoms with E-state index in [1.807, 2.05) is 31.2 Å². The van der Waals surface area contributed by atoms with Gasteiger partial charge in [-0.05, 0) is 47.4 Å². The molecule has 1 atom stereocenters. The minimum absolute atomic E-state index is 0.0943. The molecular weight excluding hydrogens is 333 g/mol. The Kier molecular flexibility index (Phi) is 5.12. The Morgan fingerprint density at radius 1 is 1.24 bits per heavy atom. The molecule has 1 unspecified atom stereocenters. The van der Waals surface area contributed by atoms with E-state index in [4.69, 9.17) is 5.73 Å². The lowest BCUT2D eigenvalue weighted by Crippen LogP contribution is -2.08. The number of rotatable bonds is 5. The quantitative estimate of drug-likeness (QED) is 0.809. The molecule has 2 aromatic carbocycles. The number of anilines is 1. The molecule has 0 aliphatic rings. The van der Waals surface area contributed by atoms with Crippen LogP contribution in [0.3, 0.4) is 0 Å². The predicted molar refractivity (Wildman–Crippen MR) is 86.7 cm³/mol. The zero-order valence-electron chi connectivity index (χ0n) is 11.8. The second kappa shape index (κ2) is 6.85. The normalized spacial score (nSPS) is 12.1. The lowest BCUT2D eigenvalue weighted by Gasteiger charge is -2.11. The fourth-order valence-electron chi connectivity index (χ4n) is 2.30. The number of Topliss-reactive ketones (excluding diaryl/α,β-unsaturated/α-hetero) is 1. The largest absolute Gasteiger partial charge is 0.399 e. The summed E-state index contributed by atoms with van der Waals surface area (Å²) in [6, 6.07) is 12.1. The summed E-state index contributed by atoms with van der Waals surface area (Å²) in [6.45, 7) is 2.00. The van der Waals surface area contributed by atoms with Crippen molar-refractivity contribution in [1.82, 2.24) is 0 Å². The summed E-state index contributed by atoms with van der Waals surface area (Å²) in [7, 11) is 0. The second-order valence-corrected chi connectivity index (χ2v) is 6.18. The van der Waals surface area contributed by atoms with Gasteiger partial charge in [-0.15, -0.1) is 0 Å². The molecule has 2 N–H and O–H groups in total. The van der Waals surface area contributed by atoms with Crippen LogP contribution in [-0.4, -0.2) is 5.78 Å². The van der Waals surface area contributed by atoms with Gasteiger partial charge in [0.05, 0.1) is 0 Å². The van der Waals surface area contributed by atoms with Crippen LogP contribution < -0.4 is 5.73 Å². The third-order valence-corrected chi connectivity index (χ3v) is 3.82. The Balaban J connectivity index is 1.99. The number of halogens is 2. The highest BCUT2D eigenvalue weighted by Gasteiger charge is 2.12. The molecule has 4 heteroatoms. The first-order valence-corrected chi connectivity index (χ1v) is 7.55. The Hall–Kier alpha value is -1.68. The maximum absolute atomic E-state index is 13.3. The number of nitrogens with two attached hydrogens (primary N) is 1. The third kappa shape index (κ3) is 4.67. The Bertz CT molecular complexity index is 619. The maximum atomic E-state index is 13.3. The Labute approximate surface area is 132 Å². The van der Waals surface area contributed by atoms with Gasteiger partial charge >= 0.3 is 0 Å². The van der Waals surface area contributed by atoms with E-state index in [1.165, 1.54) is 12.1 Å². The van der Waals surface area contributed by atoms with Crippen molar-refractivity contribution in [2.24, 2.45) is 0 Å². The van der Waals surface area contributed by atoms with Crippen LogP contribution in [0.1, 0.15) is 30.4 Å². The molecule has 0 bridgehead atoms. The summed E-state index contributed by atoms with van der Waals surface area (Å²) in [6.07, 6.45) is 0.674. The molecule has 0 heterocycles. The van der Waals surface area contributed by atoms with Crippen LogP contribution in [0.5, 0.6) is 0 Å². The van der Waals surface area contributed by atoms with Gasteiger partial charge in [0.15, 0.2) is 0 Å². The van der Waals surface area contributed by atoms with Crippen molar-refractivity contribution in [3.8, 4) is 0 Å². The molecule has 0 saturated carbocycles. The van der Waals surface area contributed by atoms with Crippen LogP contribution in [0.15, 0.2) is 46.9 Å². The van der Waals surface area contributed by atoms with Crippen LogP contribution in [-0.2, 0) is 11.2 Å². The van der Waals surface area contributed by atoms with Gasteiger partial charge in [0.25, 0.3) is 0 Å². The zero-order chi connectivity index (χ0) is 15.4. The highest BCUT2D eigenvalue weighted by Crippen LogP contribution is 2.22. The van der Waals surface area contributed by atoms with Gasteiger partial charge in [-0.2, -0.15) is 0 Å². The zero-order valence-corrected chi connectivity index (χ0v) is 13.4. The fourth-order valence-corrected chi connectivity index (χ4v) is 2.81. The fraction of sp³-hybridized carbons (Fsp3) is 0.235. The molecular formula is C17H17BrFNO. The molecule has 0 aliphatic carbocycles. The van der Waals surface area contributed by atoms with Crippen molar-refractivity contribution in [3.63, 3.8) is 0 Å². The molecule has 0 aliphatic heterocycles. The number of benzene rings is 2. The van der Waals surface area contributed by atoms with Crippen LogP contribution in [0, 0.1) is 5.82 Å². The number of hydrogen-bond donors (Lipinski definition) is 1. The van der Waals surface area contributed by atoms with Gasteiger partial charge < -0.3 is 5.73 Å². The number of carbonyl (C=O) groups is 1. The molecule has 110 valence electrons. The molecule has 2 rings (SSSR count). The van der Waals surface area contributed by atoms with E-state index in [0.717, 1.165) is 5.56 Å². The van der Waals surface area contributed by atoms with Crippen molar-refractivity contribution in [3.05, 3.63) is 63.9 Å². The number of ketones is 1. The van der Waals surface area contributed by atoms with Crippen molar-refractivity contribution in [2.75, 3.05) is 5.73 Å². The molecule has 2 aromatic rings. The van der Waals surface area contributed by atoms with Crippen LogP contribution in [0.2, 0.25) is 0 Å². The average Bonchev–Trinajstić information content (AvgIpc) is 2.37. The second-order valence-electron chi connectivity index (χ2n) is 5.26. The highest BCUT2D eigenvalue weighted by atomic mass is 79.9. The molecule has 0 fully saturated rings. The first-order chi connectivity index (χ1) is 9.94. The van der Waals surface area contributed by atoms with Crippen molar-refractivity contribution >= 4 is 27.4 Å². The van der Waals surface area contributed by atoms with Crippen molar-refractivity contribution in [2.45, 2.75) is 25.7 Å². The van der Waals surface area contributed by atoms with Gasteiger partial charge in [-0.25, -0.2) is 4.39 Å². The van der Waals surface area contributed by atoms with Gasteiger partial charge in [0, 0.05) is 23.0 Å². The molecule has 0 spiro atoms. The molecule has 0 aromatic heterocycles. The number of carbonyl (C=O) groups excluding carboxylic acids is 1. The monoisotopic (exact) mass is 349 g/mol. The molecule has 21 heavy (non-hydrogen) atoms. The highest BCUT2D eigenvalue weighted by molar-refractivity contribution is 9.10. The van der Waals surface area contributed by atoms with E-state index >= 15 is 0 Å². The molecule has 0 amide bonds. The summed E-state index contributed by atoms with van der Waals surface area (Å²) in [5, 5.41) is 0. The van der Waals surface area contributed by atoms with Crippen LogP contribution >= 0.6 is 15.9 Å². The smallest absolute Gasteiger partial charge is 0.137 e.